The summed E-state index contributed by atoms with van der Waals surface area (Å²) in [6.45, 7) is 1.30. The van der Waals surface area contributed by atoms with Gasteiger partial charge in [-0.1, -0.05) is 29.8 Å². The van der Waals surface area contributed by atoms with Crippen LogP contribution in [0.1, 0.15) is 18.9 Å². The molecule has 0 radical (unpaired) electrons. The standard InChI is InChI=1S/C18H18ClFO6/c1-11(21)24-10-12-5-3-8-17(25-12)26-16(18(22)23-2)9-13-14(19)6-4-7-15(13)20/h3-7,9,12,17H,8,10H2,1-2H3/t12-,17+/m0/s1. The summed E-state index contributed by atoms with van der Waals surface area (Å²) in [5, 5.41) is 0.118. The van der Waals surface area contributed by atoms with E-state index in [0.29, 0.717) is 6.42 Å². The molecule has 1 aliphatic rings. The third kappa shape index (κ3) is 5.57. The van der Waals surface area contributed by atoms with E-state index in [1.54, 1.807) is 12.2 Å². The van der Waals surface area contributed by atoms with Gasteiger partial charge in [0.1, 0.15) is 18.5 Å². The van der Waals surface area contributed by atoms with E-state index >= 15 is 0 Å². The van der Waals surface area contributed by atoms with E-state index in [4.69, 9.17) is 25.8 Å². The number of methoxy groups -OCH3 is 1. The number of esters is 2. The van der Waals surface area contributed by atoms with E-state index in [1.807, 2.05) is 0 Å². The predicted molar refractivity (Wildman–Crippen MR) is 91.5 cm³/mol. The van der Waals surface area contributed by atoms with Crippen LogP contribution in [0.2, 0.25) is 5.02 Å². The Balaban J connectivity index is 2.16. The minimum Gasteiger partial charge on any atom is -0.463 e. The molecule has 0 N–H and O–H groups in total. The van der Waals surface area contributed by atoms with E-state index in [1.165, 1.54) is 32.2 Å². The molecule has 1 aromatic carbocycles. The summed E-state index contributed by atoms with van der Waals surface area (Å²) >= 11 is 5.98. The second-order valence-corrected chi connectivity index (χ2v) is 5.73. The Labute approximate surface area is 155 Å². The van der Waals surface area contributed by atoms with Crippen LogP contribution in [0.5, 0.6) is 0 Å². The van der Waals surface area contributed by atoms with Gasteiger partial charge >= 0.3 is 11.9 Å². The molecule has 0 fully saturated rings. The second-order valence-electron chi connectivity index (χ2n) is 5.32. The number of benzene rings is 1. The maximum absolute atomic E-state index is 14.0. The predicted octanol–water partition coefficient (Wildman–Crippen LogP) is 3.24. The van der Waals surface area contributed by atoms with Gasteiger partial charge in [-0.15, -0.1) is 0 Å². The number of hydrogen-bond acceptors (Lipinski definition) is 6. The van der Waals surface area contributed by atoms with E-state index in [-0.39, 0.29) is 23.0 Å². The van der Waals surface area contributed by atoms with Crippen LogP contribution in [-0.2, 0) is 28.5 Å². The Morgan fingerprint density at radius 3 is 2.85 bits per heavy atom. The van der Waals surface area contributed by atoms with E-state index < -0.39 is 30.1 Å². The van der Waals surface area contributed by atoms with Crippen LogP contribution < -0.4 is 0 Å². The molecule has 0 aliphatic carbocycles. The molecule has 0 spiro atoms. The normalized spacial score (nSPS) is 19.8. The minimum absolute atomic E-state index is 0.00242. The molecule has 1 aromatic rings. The molecule has 1 aliphatic heterocycles. The highest BCUT2D eigenvalue weighted by molar-refractivity contribution is 6.32. The zero-order chi connectivity index (χ0) is 19.1. The zero-order valence-corrected chi connectivity index (χ0v) is 15.0. The summed E-state index contributed by atoms with van der Waals surface area (Å²) in [4.78, 5) is 22.9. The lowest BCUT2D eigenvalue weighted by molar-refractivity contribution is -0.172. The Morgan fingerprint density at radius 2 is 2.19 bits per heavy atom. The Kier molecular flexibility index (Phi) is 7.17. The van der Waals surface area contributed by atoms with Crippen LogP contribution in [-0.4, -0.2) is 38.0 Å². The van der Waals surface area contributed by atoms with Crippen molar-refractivity contribution in [2.24, 2.45) is 0 Å². The van der Waals surface area contributed by atoms with Gasteiger partial charge in [0, 0.05) is 18.9 Å². The van der Waals surface area contributed by atoms with Crippen molar-refractivity contribution < 1.29 is 32.9 Å². The average Bonchev–Trinajstić information content (AvgIpc) is 2.62. The molecular formula is C18H18ClFO6. The van der Waals surface area contributed by atoms with Gasteiger partial charge in [0.05, 0.1) is 12.1 Å². The molecule has 0 saturated heterocycles. The lowest BCUT2D eigenvalue weighted by atomic mass is 10.2. The molecular weight excluding hydrogens is 367 g/mol. The van der Waals surface area contributed by atoms with Crippen LogP contribution in [0, 0.1) is 5.82 Å². The van der Waals surface area contributed by atoms with Crippen LogP contribution in [0.15, 0.2) is 36.1 Å². The first-order valence-electron chi connectivity index (χ1n) is 7.77. The highest BCUT2D eigenvalue weighted by Gasteiger charge is 2.24. The van der Waals surface area contributed by atoms with Crippen molar-refractivity contribution in [2.45, 2.75) is 25.7 Å². The van der Waals surface area contributed by atoms with Crippen LogP contribution in [0.25, 0.3) is 6.08 Å². The maximum Gasteiger partial charge on any atom is 0.373 e. The Morgan fingerprint density at radius 1 is 1.42 bits per heavy atom. The van der Waals surface area contributed by atoms with Gasteiger partial charge in [-0.3, -0.25) is 4.79 Å². The minimum atomic E-state index is -0.837. The topological polar surface area (TPSA) is 71.1 Å². The largest absolute Gasteiger partial charge is 0.463 e. The van der Waals surface area contributed by atoms with E-state index in [0.717, 1.165) is 6.08 Å². The SMILES string of the molecule is COC(=O)C(=Cc1c(F)cccc1Cl)O[C@@H]1CC=C[C@@H](COC(C)=O)O1. The van der Waals surface area contributed by atoms with Crippen molar-refractivity contribution in [3.05, 3.63) is 52.5 Å². The number of carbonyl (C=O) groups excluding carboxylic acids is 2. The first-order valence-corrected chi connectivity index (χ1v) is 8.14. The maximum atomic E-state index is 14.0. The molecule has 0 aromatic heterocycles. The smallest absolute Gasteiger partial charge is 0.373 e. The van der Waals surface area contributed by atoms with E-state index in [9.17, 15) is 14.0 Å². The van der Waals surface area contributed by atoms with Gasteiger partial charge in [-0.05, 0) is 18.2 Å². The second kappa shape index (κ2) is 9.35. The van der Waals surface area contributed by atoms with Crippen molar-refractivity contribution in [1.29, 1.82) is 0 Å². The Hall–Kier alpha value is -2.38. The van der Waals surface area contributed by atoms with Crippen molar-refractivity contribution >= 4 is 29.6 Å². The fourth-order valence-electron chi connectivity index (χ4n) is 2.17. The third-order valence-corrected chi connectivity index (χ3v) is 3.71. The fourth-order valence-corrected chi connectivity index (χ4v) is 2.39. The van der Waals surface area contributed by atoms with Crippen LogP contribution >= 0.6 is 11.6 Å². The molecule has 0 unspecified atom stereocenters. The van der Waals surface area contributed by atoms with Crippen molar-refractivity contribution in [3.63, 3.8) is 0 Å². The summed E-state index contributed by atoms with van der Waals surface area (Å²) in [7, 11) is 1.17. The average molecular weight is 385 g/mol. The van der Waals surface area contributed by atoms with Gasteiger partial charge in [-0.2, -0.15) is 0 Å². The fraction of sp³-hybridized carbons (Fsp3) is 0.333. The zero-order valence-electron chi connectivity index (χ0n) is 14.2. The molecule has 26 heavy (non-hydrogen) atoms. The number of carbonyl (C=O) groups is 2. The molecule has 0 saturated carbocycles. The summed E-state index contributed by atoms with van der Waals surface area (Å²) in [5.41, 5.74) is -0.00242. The summed E-state index contributed by atoms with van der Waals surface area (Å²) < 4.78 is 34.7. The number of rotatable bonds is 6. The molecule has 8 heteroatoms. The van der Waals surface area contributed by atoms with Crippen LogP contribution in [0.3, 0.4) is 0 Å². The molecule has 0 bridgehead atoms. The number of hydrogen-bond donors (Lipinski definition) is 0. The van der Waals surface area contributed by atoms with Crippen molar-refractivity contribution in [3.8, 4) is 0 Å². The number of ether oxygens (including phenoxy) is 4. The molecule has 0 amide bonds. The summed E-state index contributed by atoms with van der Waals surface area (Å²) in [6.07, 6.45) is 3.64. The monoisotopic (exact) mass is 384 g/mol. The van der Waals surface area contributed by atoms with Gasteiger partial charge in [0.2, 0.25) is 12.0 Å². The summed E-state index contributed by atoms with van der Waals surface area (Å²) in [5.74, 6) is -2.11. The van der Waals surface area contributed by atoms with Gasteiger partial charge < -0.3 is 18.9 Å². The highest BCUT2D eigenvalue weighted by atomic mass is 35.5. The quantitative estimate of drug-likeness (QED) is 0.324. The highest BCUT2D eigenvalue weighted by Crippen LogP contribution is 2.24. The summed E-state index contributed by atoms with van der Waals surface area (Å²) in [6, 6.07) is 4.14. The first kappa shape index (κ1) is 19.9. The van der Waals surface area contributed by atoms with Gasteiger partial charge in [0.25, 0.3) is 0 Å². The van der Waals surface area contributed by atoms with E-state index in [2.05, 4.69) is 4.74 Å². The van der Waals surface area contributed by atoms with Crippen molar-refractivity contribution in [1.82, 2.24) is 0 Å². The molecule has 1 heterocycles. The van der Waals surface area contributed by atoms with Gasteiger partial charge in [0.15, 0.2) is 0 Å². The van der Waals surface area contributed by atoms with Gasteiger partial charge in [-0.25, -0.2) is 9.18 Å². The molecule has 2 atom stereocenters. The molecule has 2 rings (SSSR count). The molecule has 6 nitrogen and oxygen atoms in total. The van der Waals surface area contributed by atoms with Crippen LogP contribution in [0.4, 0.5) is 4.39 Å². The molecule has 140 valence electrons. The Bertz CT molecular complexity index is 710. The lowest BCUT2D eigenvalue weighted by Crippen LogP contribution is -2.31. The lowest BCUT2D eigenvalue weighted by Gasteiger charge is -2.26. The van der Waals surface area contributed by atoms with Crippen molar-refractivity contribution in [2.75, 3.05) is 13.7 Å². The third-order valence-electron chi connectivity index (χ3n) is 3.38. The number of halogens is 2. The first-order chi connectivity index (χ1) is 12.4.